The van der Waals surface area contributed by atoms with E-state index in [2.05, 4.69) is 31.0 Å². The lowest BCUT2D eigenvalue weighted by atomic mass is 9.96. The Balaban J connectivity index is 3.84. The van der Waals surface area contributed by atoms with Crippen molar-refractivity contribution < 1.29 is 4.79 Å². The molecule has 0 aromatic rings. The zero-order valence-electron chi connectivity index (χ0n) is 11.1. The highest BCUT2D eigenvalue weighted by atomic mass is 16.1. The fourth-order valence-electron chi connectivity index (χ4n) is 1.55. The van der Waals surface area contributed by atoms with Crippen molar-refractivity contribution in [1.29, 1.82) is 0 Å². The highest BCUT2D eigenvalue weighted by Crippen LogP contribution is 2.10. The van der Waals surface area contributed by atoms with Gasteiger partial charge in [0.05, 0.1) is 5.92 Å². The highest BCUT2D eigenvalue weighted by molar-refractivity contribution is 5.78. The van der Waals surface area contributed by atoms with Gasteiger partial charge in [0.25, 0.3) is 0 Å². The maximum absolute atomic E-state index is 11.8. The summed E-state index contributed by atoms with van der Waals surface area (Å²) in [6, 6.07) is 0. The van der Waals surface area contributed by atoms with Crippen molar-refractivity contribution >= 4 is 5.91 Å². The molecule has 0 saturated carbocycles. The van der Waals surface area contributed by atoms with Crippen LogP contribution in [0.15, 0.2) is 0 Å². The van der Waals surface area contributed by atoms with Crippen LogP contribution in [-0.2, 0) is 4.79 Å². The van der Waals surface area contributed by atoms with Gasteiger partial charge in [0.2, 0.25) is 5.91 Å². The summed E-state index contributed by atoms with van der Waals surface area (Å²) >= 11 is 0. The second kappa shape index (κ2) is 8.53. The van der Waals surface area contributed by atoms with E-state index >= 15 is 0 Å². The highest BCUT2D eigenvalue weighted by Gasteiger charge is 2.17. The molecule has 0 heterocycles. The van der Waals surface area contributed by atoms with E-state index in [4.69, 9.17) is 5.73 Å². The maximum atomic E-state index is 11.8. The molecule has 16 heavy (non-hydrogen) atoms. The summed E-state index contributed by atoms with van der Waals surface area (Å²) in [6.45, 7) is 9.36. The van der Waals surface area contributed by atoms with Gasteiger partial charge in [0.1, 0.15) is 0 Å². The van der Waals surface area contributed by atoms with Gasteiger partial charge in [0, 0.05) is 19.6 Å². The molecule has 0 aliphatic carbocycles. The van der Waals surface area contributed by atoms with Crippen LogP contribution in [0.3, 0.4) is 0 Å². The SMILES string of the molecule is CCN(C)CCNC(=O)C(CN)CC(C)C. The molecule has 0 radical (unpaired) electrons. The van der Waals surface area contributed by atoms with Crippen molar-refractivity contribution in [3.63, 3.8) is 0 Å². The Bertz CT molecular complexity index is 195. The molecule has 0 bridgehead atoms. The molecule has 0 spiro atoms. The minimum Gasteiger partial charge on any atom is -0.355 e. The number of rotatable bonds is 8. The van der Waals surface area contributed by atoms with Crippen molar-refractivity contribution in [2.45, 2.75) is 27.2 Å². The fourth-order valence-corrected chi connectivity index (χ4v) is 1.55. The predicted molar refractivity (Wildman–Crippen MR) is 68.2 cm³/mol. The lowest BCUT2D eigenvalue weighted by Gasteiger charge is -2.18. The minimum atomic E-state index is -0.0352. The van der Waals surface area contributed by atoms with Crippen LogP contribution in [0.25, 0.3) is 0 Å². The monoisotopic (exact) mass is 229 g/mol. The number of carbonyl (C=O) groups excluding carboxylic acids is 1. The van der Waals surface area contributed by atoms with Gasteiger partial charge in [-0.1, -0.05) is 20.8 Å². The lowest BCUT2D eigenvalue weighted by molar-refractivity contribution is -0.125. The van der Waals surface area contributed by atoms with Crippen LogP contribution in [-0.4, -0.2) is 44.0 Å². The zero-order chi connectivity index (χ0) is 12.6. The largest absolute Gasteiger partial charge is 0.355 e. The first-order valence-electron chi connectivity index (χ1n) is 6.17. The Morgan fingerprint density at radius 2 is 2.06 bits per heavy atom. The van der Waals surface area contributed by atoms with Gasteiger partial charge in [-0.3, -0.25) is 4.79 Å². The van der Waals surface area contributed by atoms with E-state index in [0.29, 0.717) is 19.0 Å². The van der Waals surface area contributed by atoms with Crippen LogP contribution < -0.4 is 11.1 Å². The lowest BCUT2D eigenvalue weighted by Crippen LogP contribution is -2.39. The van der Waals surface area contributed by atoms with E-state index in [0.717, 1.165) is 19.5 Å². The summed E-state index contributed by atoms with van der Waals surface area (Å²) in [5, 5.41) is 2.94. The Morgan fingerprint density at radius 3 is 2.50 bits per heavy atom. The van der Waals surface area contributed by atoms with Crippen LogP contribution in [0.5, 0.6) is 0 Å². The van der Waals surface area contributed by atoms with Gasteiger partial charge < -0.3 is 16.0 Å². The van der Waals surface area contributed by atoms with Crippen LogP contribution >= 0.6 is 0 Å². The molecule has 0 saturated heterocycles. The van der Waals surface area contributed by atoms with Crippen molar-refractivity contribution in [3.05, 3.63) is 0 Å². The molecular weight excluding hydrogens is 202 g/mol. The van der Waals surface area contributed by atoms with Crippen LogP contribution in [0.4, 0.5) is 0 Å². The number of nitrogens with one attached hydrogen (secondary N) is 1. The molecule has 4 nitrogen and oxygen atoms in total. The van der Waals surface area contributed by atoms with Crippen LogP contribution in [0, 0.1) is 11.8 Å². The number of hydrogen-bond donors (Lipinski definition) is 2. The summed E-state index contributed by atoms with van der Waals surface area (Å²) in [5.74, 6) is 0.574. The van der Waals surface area contributed by atoms with E-state index in [1.165, 1.54) is 0 Å². The minimum absolute atomic E-state index is 0.0352. The molecule has 1 unspecified atom stereocenters. The third-order valence-electron chi connectivity index (χ3n) is 2.74. The molecule has 0 aliphatic rings. The second-order valence-corrected chi connectivity index (χ2v) is 4.75. The average molecular weight is 229 g/mol. The van der Waals surface area contributed by atoms with Gasteiger partial charge >= 0.3 is 0 Å². The third kappa shape index (κ3) is 6.80. The first-order chi connectivity index (χ1) is 7.51. The molecule has 0 aromatic heterocycles. The summed E-state index contributed by atoms with van der Waals surface area (Å²) < 4.78 is 0. The summed E-state index contributed by atoms with van der Waals surface area (Å²) in [7, 11) is 2.04. The Kier molecular flexibility index (Phi) is 8.21. The van der Waals surface area contributed by atoms with Gasteiger partial charge in [-0.2, -0.15) is 0 Å². The maximum Gasteiger partial charge on any atom is 0.224 e. The van der Waals surface area contributed by atoms with E-state index in [1.54, 1.807) is 0 Å². The first kappa shape index (κ1) is 15.4. The standard InChI is InChI=1S/C12H27N3O/c1-5-15(4)7-6-14-12(16)11(9-13)8-10(2)3/h10-11H,5-9,13H2,1-4H3,(H,14,16). The average Bonchev–Trinajstić information content (AvgIpc) is 2.24. The molecule has 0 fully saturated rings. The first-order valence-corrected chi connectivity index (χ1v) is 6.17. The quantitative estimate of drug-likeness (QED) is 0.643. The Hall–Kier alpha value is -0.610. The number of likely N-dealkylation sites (N-methyl/N-ethyl adjacent to an activating group) is 1. The normalized spacial score (nSPS) is 13.2. The van der Waals surface area contributed by atoms with Gasteiger partial charge in [0.15, 0.2) is 0 Å². The zero-order valence-corrected chi connectivity index (χ0v) is 11.1. The van der Waals surface area contributed by atoms with Crippen molar-refractivity contribution in [3.8, 4) is 0 Å². The van der Waals surface area contributed by atoms with Crippen molar-refractivity contribution in [1.82, 2.24) is 10.2 Å². The molecule has 1 amide bonds. The fraction of sp³-hybridized carbons (Fsp3) is 0.917. The number of nitrogens with two attached hydrogens (primary N) is 1. The molecule has 3 N–H and O–H groups in total. The van der Waals surface area contributed by atoms with Crippen molar-refractivity contribution in [2.75, 3.05) is 33.2 Å². The number of nitrogens with zero attached hydrogens (tertiary/aromatic N) is 1. The van der Waals surface area contributed by atoms with E-state index in [9.17, 15) is 4.79 Å². The van der Waals surface area contributed by atoms with Crippen LogP contribution in [0.1, 0.15) is 27.2 Å². The number of amides is 1. The summed E-state index contributed by atoms with van der Waals surface area (Å²) in [5.41, 5.74) is 5.61. The van der Waals surface area contributed by atoms with E-state index in [1.807, 2.05) is 7.05 Å². The summed E-state index contributed by atoms with van der Waals surface area (Å²) in [6.07, 6.45) is 0.867. The smallest absolute Gasteiger partial charge is 0.224 e. The van der Waals surface area contributed by atoms with Gasteiger partial charge in [-0.05, 0) is 25.9 Å². The number of carbonyl (C=O) groups is 1. The molecule has 1 atom stereocenters. The molecular formula is C12H27N3O. The van der Waals surface area contributed by atoms with Crippen molar-refractivity contribution in [2.24, 2.45) is 17.6 Å². The van der Waals surface area contributed by atoms with Gasteiger partial charge in [-0.25, -0.2) is 0 Å². The summed E-state index contributed by atoms with van der Waals surface area (Å²) in [4.78, 5) is 13.9. The molecule has 0 aliphatic heterocycles. The molecule has 0 rings (SSSR count). The van der Waals surface area contributed by atoms with E-state index in [-0.39, 0.29) is 11.8 Å². The van der Waals surface area contributed by atoms with Gasteiger partial charge in [-0.15, -0.1) is 0 Å². The van der Waals surface area contributed by atoms with E-state index < -0.39 is 0 Å². The molecule has 96 valence electrons. The van der Waals surface area contributed by atoms with Crippen LogP contribution in [0.2, 0.25) is 0 Å². The number of hydrogen-bond acceptors (Lipinski definition) is 3. The third-order valence-corrected chi connectivity index (χ3v) is 2.74. The topological polar surface area (TPSA) is 58.4 Å². The Labute approximate surface area is 99.6 Å². The molecule has 4 heteroatoms. The Morgan fingerprint density at radius 1 is 1.44 bits per heavy atom. The molecule has 0 aromatic carbocycles. The predicted octanol–water partition coefficient (Wildman–Crippen LogP) is 0.675. The second-order valence-electron chi connectivity index (χ2n) is 4.75.